The van der Waals surface area contributed by atoms with Gasteiger partial charge in [0.15, 0.2) is 11.9 Å². The number of carbonyl (C=O) groups is 2. The molecule has 0 amide bonds. The highest BCUT2D eigenvalue weighted by molar-refractivity contribution is 8.76. The zero-order valence-electron chi connectivity index (χ0n) is 19.6. The number of fused-ring (bicyclic) bond motifs is 2. The van der Waals surface area contributed by atoms with Crippen molar-refractivity contribution >= 4 is 33.7 Å². The van der Waals surface area contributed by atoms with Crippen LogP contribution in [0, 0.1) is 23.7 Å². The van der Waals surface area contributed by atoms with E-state index in [4.69, 9.17) is 33.5 Å². The van der Waals surface area contributed by atoms with Gasteiger partial charge >= 0.3 is 12.1 Å². The van der Waals surface area contributed by atoms with Gasteiger partial charge in [-0.1, -0.05) is 35.4 Å². The third-order valence-corrected chi connectivity index (χ3v) is 9.58. The second kappa shape index (κ2) is 10.5. The van der Waals surface area contributed by atoms with Gasteiger partial charge in [-0.25, -0.2) is 14.6 Å². The highest BCUT2D eigenvalue weighted by atomic mass is 33.1. The summed E-state index contributed by atoms with van der Waals surface area (Å²) in [5.74, 6) is 0.846. The minimum Gasteiger partial charge on any atom is -0.465 e. The first-order valence-electron chi connectivity index (χ1n) is 11.7. The lowest BCUT2D eigenvalue weighted by atomic mass is 9.58. The highest BCUT2D eigenvalue weighted by Crippen LogP contribution is 2.60. The van der Waals surface area contributed by atoms with Gasteiger partial charge in [0, 0.05) is 36.7 Å². The Morgan fingerprint density at radius 2 is 1.73 bits per heavy atom. The summed E-state index contributed by atoms with van der Waals surface area (Å²) in [6, 6.07) is 0. The molecule has 4 aliphatic heterocycles. The monoisotopic (exact) mass is 506 g/mol. The van der Waals surface area contributed by atoms with E-state index in [1.54, 1.807) is 21.6 Å². The van der Waals surface area contributed by atoms with Crippen molar-refractivity contribution in [2.24, 2.45) is 23.7 Å². The summed E-state index contributed by atoms with van der Waals surface area (Å²) < 4.78 is 28.2. The number of hydrogen-bond donors (Lipinski definition) is 0. The molecule has 2 bridgehead atoms. The molecule has 8 atom stereocenters. The topological polar surface area (TPSA) is 98.8 Å². The minimum absolute atomic E-state index is 0.0853. The van der Waals surface area contributed by atoms with E-state index in [0.29, 0.717) is 24.0 Å². The summed E-state index contributed by atoms with van der Waals surface area (Å²) in [5, 5.41) is 0. The Bertz CT molecular complexity index is 724. The molecule has 188 valence electrons. The molecule has 1 spiro atoms. The highest BCUT2D eigenvalue weighted by Gasteiger charge is 2.69. The van der Waals surface area contributed by atoms with Gasteiger partial charge in [-0.05, 0) is 38.0 Å². The van der Waals surface area contributed by atoms with Gasteiger partial charge < -0.3 is 23.7 Å². The Morgan fingerprint density at radius 1 is 1.00 bits per heavy atom. The first kappa shape index (κ1) is 25.4. The number of carbonyl (C=O) groups excluding carboxylic acids is 2. The molecule has 0 aromatic carbocycles. The smallest absolute Gasteiger partial charge is 0.465 e. The Labute approximate surface area is 202 Å². The summed E-state index contributed by atoms with van der Waals surface area (Å²) in [6.07, 6.45) is 1.51. The normalized spacial score (nSPS) is 41.6. The van der Waals surface area contributed by atoms with Gasteiger partial charge in [-0.15, -0.1) is 0 Å². The minimum atomic E-state index is -0.868. The molecule has 33 heavy (non-hydrogen) atoms. The average Bonchev–Trinajstić information content (AvgIpc) is 2.99. The molecule has 9 nitrogen and oxygen atoms in total. The standard InChI is InChI=1S/C22H34O9S2/c1-13-5-6-17-14(2)18(28-20(24)26-10-12-33-32-11-9-25-15(3)23)27-19-22(17)16(13)7-8-21(4,29-19)30-31-22/h13-14,16-19H,5-12H2,1-4H3/t13-,14-,16+,17+,18?,19-,21+,22-/m1/s1. The summed E-state index contributed by atoms with van der Waals surface area (Å²) in [6.45, 7) is 8.12. The maximum Gasteiger partial charge on any atom is 0.510 e. The van der Waals surface area contributed by atoms with Crippen LogP contribution in [0.1, 0.15) is 53.4 Å². The van der Waals surface area contributed by atoms with Crippen LogP contribution in [0.15, 0.2) is 0 Å². The van der Waals surface area contributed by atoms with Gasteiger partial charge in [0.1, 0.15) is 13.2 Å². The van der Waals surface area contributed by atoms with Gasteiger partial charge in [0.2, 0.25) is 12.1 Å². The van der Waals surface area contributed by atoms with E-state index in [1.165, 1.54) is 6.92 Å². The van der Waals surface area contributed by atoms with Crippen LogP contribution in [0.2, 0.25) is 0 Å². The van der Waals surface area contributed by atoms with Crippen LogP contribution in [-0.4, -0.2) is 60.8 Å². The number of rotatable bonds is 8. The largest absolute Gasteiger partial charge is 0.510 e. The molecular formula is C22H34O9S2. The van der Waals surface area contributed by atoms with Crippen molar-refractivity contribution < 1.29 is 43.0 Å². The third-order valence-electron chi connectivity index (χ3n) is 7.25. The predicted molar refractivity (Wildman–Crippen MR) is 121 cm³/mol. The molecule has 1 aliphatic carbocycles. The van der Waals surface area contributed by atoms with E-state index >= 15 is 0 Å². The maximum absolute atomic E-state index is 12.3. The van der Waals surface area contributed by atoms with Crippen LogP contribution in [0.4, 0.5) is 4.79 Å². The fourth-order valence-electron chi connectivity index (χ4n) is 5.63. The summed E-state index contributed by atoms with van der Waals surface area (Å²) in [5.41, 5.74) is -0.684. The third kappa shape index (κ3) is 5.28. The lowest BCUT2D eigenvalue weighted by molar-refractivity contribution is -0.576. The van der Waals surface area contributed by atoms with Crippen molar-refractivity contribution in [1.82, 2.24) is 0 Å². The van der Waals surface area contributed by atoms with Crippen molar-refractivity contribution in [2.75, 3.05) is 24.7 Å². The first-order chi connectivity index (χ1) is 15.7. The fraction of sp³-hybridized carbons (Fsp3) is 0.909. The molecule has 4 heterocycles. The lowest BCUT2D eigenvalue weighted by Crippen LogP contribution is -2.70. The van der Waals surface area contributed by atoms with Crippen LogP contribution in [0.5, 0.6) is 0 Å². The van der Waals surface area contributed by atoms with Crippen molar-refractivity contribution in [3.05, 3.63) is 0 Å². The van der Waals surface area contributed by atoms with E-state index in [2.05, 4.69) is 6.92 Å². The van der Waals surface area contributed by atoms with Gasteiger partial charge in [-0.2, -0.15) is 0 Å². The fourth-order valence-corrected chi connectivity index (χ4v) is 7.29. The lowest BCUT2D eigenvalue weighted by Gasteiger charge is -2.59. The Balaban J connectivity index is 1.29. The summed E-state index contributed by atoms with van der Waals surface area (Å²) in [4.78, 5) is 35.0. The van der Waals surface area contributed by atoms with Crippen LogP contribution in [0.25, 0.3) is 0 Å². The molecule has 5 fully saturated rings. The zero-order valence-corrected chi connectivity index (χ0v) is 21.2. The molecule has 0 radical (unpaired) electrons. The first-order valence-corrected chi connectivity index (χ1v) is 14.2. The van der Waals surface area contributed by atoms with E-state index in [9.17, 15) is 9.59 Å². The van der Waals surface area contributed by atoms with E-state index in [0.717, 1.165) is 25.7 Å². The zero-order chi connectivity index (χ0) is 23.6. The van der Waals surface area contributed by atoms with Crippen molar-refractivity contribution in [3.8, 4) is 0 Å². The maximum atomic E-state index is 12.3. The summed E-state index contributed by atoms with van der Waals surface area (Å²) in [7, 11) is 3.09. The molecular weight excluding hydrogens is 472 g/mol. The Morgan fingerprint density at radius 3 is 2.45 bits per heavy atom. The molecule has 0 N–H and O–H groups in total. The quantitative estimate of drug-likeness (QED) is 0.204. The predicted octanol–water partition coefficient (Wildman–Crippen LogP) is 4.29. The van der Waals surface area contributed by atoms with Gasteiger partial charge in [-0.3, -0.25) is 4.79 Å². The molecule has 0 aromatic rings. The van der Waals surface area contributed by atoms with Crippen molar-refractivity contribution in [2.45, 2.75) is 77.3 Å². The molecule has 4 saturated heterocycles. The van der Waals surface area contributed by atoms with E-state index in [-0.39, 0.29) is 30.3 Å². The van der Waals surface area contributed by atoms with E-state index in [1.807, 2.05) is 13.8 Å². The van der Waals surface area contributed by atoms with Gasteiger partial charge in [0.05, 0.1) is 0 Å². The van der Waals surface area contributed by atoms with Crippen LogP contribution < -0.4 is 0 Å². The van der Waals surface area contributed by atoms with Crippen molar-refractivity contribution in [1.29, 1.82) is 0 Å². The molecule has 1 unspecified atom stereocenters. The SMILES string of the molecule is CC(=O)OCCSSCCOC(=O)OC1O[C@@H]2O[C@]3(C)CC[C@H]4[C@H](C)CC[C@@H]([C@H]1C)[C@@]24OO3. The van der Waals surface area contributed by atoms with Crippen LogP contribution in [0.3, 0.4) is 0 Å². The number of hydrogen-bond acceptors (Lipinski definition) is 11. The Hall–Kier alpha value is -0.720. The molecule has 0 aromatic heterocycles. The number of esters is 1. The molecule has 5 aliphatic rings. The van der Waals surface area contributed by atoms with E-state index < -0.39 is 30.1 Å². The Kier molecular flexibility index (Phi) is 8.07. The molecule has 11 heteroatoms. The van der Waals surface area contributed by atoms with Crippen molar-refractivity contribution in [3.63, 3.8) is 0 Å². The average molecular weight is 507 g/mol. The number of ether oxygens (including phenoxy) is 5. The van der Waals surface area contributed by atoms with Gasteiger partial charge in [0.25, 0.3) is 0 Å². The van der Waals surface area contributed by atoms with Crippen LogP contribution >= 0.6 is 21.6 Å². The molecule has 1 saturated carbocycles. The van der Waals surface area contributed by atoms with Crippen LogP contribution in [-0.2, 0) is 38.3 Å². The second-order valence-corrected chi connectivity index (χ2v) is 12.2. The summed E-state index contributed by atoms with van der Waals surface area (Å²) >= 11 is 0. The molecule has 5 rings (SSSR count). The second-order valence-electron chi connectivity index (χ2n) is 9.47.